The largest absolute Gasteiger partial charge is 0.573 e. The molecule has 1 amide bonds. The normalized spacial score (nSPS) is 23.6. The monoisotopic (exact) mass is 643 g/mol. The van der Waals surface area contributed by atoms with Crippen molar-refractivity contribution in [3.8, 4) is 5.75 Å². The van der Waals surface area contributed by atoms with E-state index in [0.717, 1.165) is 36.2 Å². The summed E-state index contributed by atoms with van der Waals surface area (Å²) in [5, 5.41) is 14.0. The third-order valence-electron chi connectivity index (χ3n) is 8.91. The Kier molecular flexibility index (Phi) is 6.99. The molecule has 0 unspecified atom stereocenters. The summed E-state index contributed by atoms with van der Waals surface area (Å²) in [7, 11) is 0. The molecule has 7 nitrogen and oxygen atoms in total. The van der Waals surface area contributed by atoms with Gasteiger partial charge >= 0.3 is 12.3 Å². The first-order valence-electron chi connectivity index (χ1n) is 13.9. The highest BCUT2D eigenvalue weighted by Crippen LogP contribution is 2.56. The van der Waals surface area contributed by atoms with E-state index in [0.29, 0.717) is 27.6 Å². The third-order valence-corrected chi connectivity index (χ3v) is 9.40. The Morgan fingerprint density at radius 3 is 2.43 bits per heavy atom. The number of hydrogen-bond acceptors (Lipinski definition) is 5. The van der Waals surface area contributed by atoms with Gasteiger partial charge in [0.25, 0.3) is 5.91 Å². The number of amides is 1. The predicted molar refractivity (Wildman–Crippen MR) is 155 cm³/mol. The molecule has 0 radical (unpaired) electrons. The number of anilines is 1. The average molecular weight is 644 g/mol. The number of rotatable bonds is 6. The van der Waals surface area contributed by atoms with E-state index in [-0.39, 0.29) is 37.2 Å². The predicted octanol–water partition coefficient (Wildman–Crippen LogP) is 7.02. The van der Waals surface area contributed by atoms with Crippen LogP contribution in [0.25, 0.3) is 16.5 Å². The number of carboxylic acids is 1. The molecule has 3 aliphatic carbocycles. The van der Waals surface area contributed by atoms with Crippen LogP contribution in [0, 0.1) is 12.3 Å². The molecule has 2 aromatic carbocycles. The number of pyridine rings is 1. The number of para-hydroxylation sites is 1. The lowest BCUT2D eigenvalue weighted by molar-refractivity contribution is -0.274. The van der Waals surface area contributed by atoms with Crippen molar-refractivity contribution in [3.05, 3.63) is 69.7 Å². The van der Waals surface area contributed by atoms with Gasteiger partial charge in [0.05, 0.1) is 22.0 Å². The minimum Gasteiger partial charge on any atom is -0.481 e. The molecule has 2 N–H and O–H groups in total. The van der Waals surface area contributed by atoms with Gasteiger partial charge in [0.15, 0.2) is 0 Å². The van der Waals surface area contributed by atoms with Crippen LogP contribution in [0.3, 0.4) is 0 Å². The van der Waals surface area contributed by atoms with E-state index in [4.69, 9.17) is 4.98 Å². The maximum absolute atomic E-state index is 14.4. The van der Waals surface area contributed by atoms with Crippen LogP contribution in [-0.4, -0.2) is 47.0 Å². The molecular formula is C31H29BrF3N3O4. The van der Waals surface area contributed by atoms with Gasteiger partial charge in [-0.3, -0.25) is 9.59 Å². The number of fused-ring (bicyclic) bond motifs is 3. The molecule has 1 aliphatic heterocycles. The molecular weight excluding hydrogens is 615 g/mol. The van der Waals surface area contributed by atoms with Gasteiger partial charge in [-0.25, -0.2) is 4.98 Å². The first-order chi connectivity index (χ1) is 19.9. The van der Waals surface area contributed by atoms with Gasteiger partial charge in [0.2, 0.25) is 0 Å². The molecule has 1 aromatic heterocycles. The number of carboxylic acid groups (broad SMARTS) is 1. The lowest BCUT2D eigenvalue weighted by Crippen LogP contribution is -2.57. The minimum absolute atomic E-state index is 0.108. The number of nitrogens with zero attached hydrogens (tertiary/aromatic N) is 2. The van der Waals surface area contributed by atoms with Crippen LogP contribution in [0.1, 0.15) is 60.0 Å². The Morgan fingerprint density at radius 2 is 1.76 bits per heavy atom. The zero-order valence-electron chi connectivity index (χ0n) is 22.9. The molecule has 42 heavy (non-hydrogen) atoms. The summed E-state index contributed by atoms with van der Waals surface area (Å²) in [6.45, 7) is 3.54. The highest BCUT2D eigenvalue weighted by Gasteiger charge is 2.54. The molecule has 2 heterocycles. The summed E-state index contributed by atoms with van der Waals surface area (Å²) in [5.41, 5.74) is -0.0807. The van der Waals surface area contributed by atoms with Crippen LogP contribution in [0.2, 0.25) is 0 Å². The van der Waals surface area contributed by atoms with Crippen molar-refractivity contribution < 1.29 is 32.6 Å². The van der Waals surface area contributed by atoms with Gasteiger partial charge < -0.3 is 20.1 Å². The fourth-order valence-electron chi connectivity index (χ4n) is 6.78. The second-order valence-corrected chi connectivity index (χ2v) is 12.3. The molecule has 7 rings (SSSR count). The standard InChI is InChI=1S/C31H29BrF3N3O4/c1-18-25(21-16-19(32)8-9-23(21)36-26(18)38-14-4-5-15-38)27(39)37-30-12-10-29(11-13-30,28(40)41)17-22(30)20-6-2-3-7-24(20)42-31(33,34)35/h2-3,6-9,16-17H,4-5,10-15H2,1H3,(H,37,39)(H,40,41). The van der Waals surface area contributed by atoms with Crippen molar-refractivity contribution in [3.63, 3.8) is 0 Å². The van der Waals surface area contributed by atoms with Crippen molar-refractivity contribution in [1.82, 2.24) is 10.3 Å². The van der Waals surface area contributed by atoms with Crippen molar-refractivity contribution in [2.24, 2.45) is 5.41 Å². The van der Waals surface area contributed by atoms with Crippen molar-refractivity contribution in [1.29, 1.82) is 0 Å². The summed E-state index contributed by atoms with van der Waals surface area (Å²) in [6, 6.07) is 11.2. The molecule has 1 saturated heterocycles. The molecule has 0 atom stereocenters. The van der Waals surface area contributed by atoms with E-state index in [2.05, 4.69) is 30.9 Å². The van der Waals surface area contributed by atoms with E-state index in [9.17, 15) is 27.9 Å². The SMILES string of the molecule is Cc1c(N2CCCC2)nc2ccc(Br)cc2c1C(=O)NC12CCC(C(=O)O)(C=C1c1ccccc1OC(F)(F)F)CC2. The Balaban J connectivity index is 1.48. The zero-order valence-corrected chi connectivity index (χ0v) is 24.4. The van der Waals surface area contributed by atoms with E-state index >= 15 is 0 Å². The summed E-state index contributed by atoms with van der Waals surface area (Å²) >= 11 is 3.51. The molecule has 0 spiro atoms. The topological polar surface area (TPSA) is 91.8 Å². The molecule has 11 heteroatoms. The smallest absolute Gasteiger partial charge is 0.481 e. The zero-order chi connectivity index (χ0) is 29.9. The highest BCUT2D eigenvalue weighted by atomic mass is 79.9. The van der Waals surface area contributed by atoms with Crippen molar-refractivity contribution in [2.75, 3.05) is 18.0 Å². The number of alkyl halides is 3. The lowest BCUT2D eigenvalue weighted by Gasteiger charge is -2.51. The van der Waals surface area contributed by atoms with Crippen LogP contribution in [0.15, 0.2) is 53.0 Å². The molecule has 2 fully saturated rings. The highest BCUT2D eigenvalue weighted by molar-refractivity contribution is 9.10. The number of hydrogen-bond donors (Lipinski definition) is 2. The van der Waals surface area contributed by atoms with E-state index in [1.54, 1.807) is 6.07 Å². The fraction of sp³-hybridized carbons (Fsp3) is 0.387. The Hall–Kier alpha value is -3.60. The van der Waals surface area contributed by atoms with E-state index in [1.807, 2.05) is 25.1 Å². The van der Waals surface area contributed by atoms with Crippen LogP contribution in [0.4, 0.5) is 19.0 Å². The van der Waals surface area contributed by atoms with E-state index in [1.165, 1.54) is 24.3 Å². The Labute approximate surface area is 248 Å². The van der Waals surface area contributed by atoms with Gasteiger partial charge in [0, 0.05) is 34.1 Å². The van der Waals surface area contributed by atoms with Gasteiger partial charge in [-0.2, -0.15) is 0 Å². The van der Waals surface area contributed by atoms with Gasteiger partial charge in [0.1, 0.15) is 11.6 Å². The number of halogens is 4. The number of carbonyl (C=O) groups is 2. The second-order valence-electron chi connectivity index (χ2n) is 11.4. The fourth-order valence-corrected chi connectivity index (χ4v) is 7.15. The van der Waals surface area contributed by atoms with Crippen molar-refractivity contribution >= 4 is 50.1 Å². The lowest BCUT2D eigenvalue weighted by atomic mass is 9.57. The average Bonchev–Trinajstić information content (AvgIpc) is 3.47. The molecule has 220 valence electrons. The van der Waals surface area contributed by atoms with Crippen molar-refractivity contribution in [2.45, 2.75) is 57.3 Å². The first-order valence-corrected chi connectivity index (χ1v) is 14.7. The molecule has 4 aliphatic rings. The third kappa shape index (κ3) is 4.91. The molecule has 3 aromatic rings. The number of benzene rings is 2. The first kappa shape index (κ1) is 28.5. The van der Waals surface area contributed by atoms with Gasteiger partial charge in [-0.05, 0) is 75.3 Å². The number of aliphatic carboxylic acids is 1. The van der Waals surface area contributed by atoms with Crippen LogP contribution in [-0.2, 0) is 4.79 Å². The van der Waals surface area contributed by atoms with E-state index < -0.39 is 29.0 Å². The van der Waals surface area contributed by atoms with Crippen LogP contribution >= 0.6 is 15.9 Å². The number of ether oxygens (including phenoxy) is 1. The summed E-state index contributed by atoms with van der Waals surface area (Å²) in [4.78, 5) is 33.8. The number of carbonyl (C=O) groups excluding carboxylic acids is 1. The summed E-state index contributed by atoms with van der Waals surface area (Å²) in [5.74, 6) is -1.13. The van der Waals surface area contributed by atoms with Gasteiger partial charge in [-0.15, -0.1) is 13.2 Å². The number of aromatic nitrogens is 1. The maximum Gasteiger partial charge on any atom is 0.573 e. The minimum atomic E-state index is -4.95. The quantitative estimate of drug-likeness (QED) is 0.300. The molecule has 2 bridgehead atoms. The summed E-state index contributed by atoms with van der Waals surface area (Å²) in [6.07, 6.45) is -0.358. The summed E-state index contributed by atoms with van der Waals surface area (Å²) < 4.78 is 45.3. The Bertz CT molecular complexity index is 1620. The van der Waals surface area contributed by atoms with Gasteiger partial charge in [-0.1, -0.05) is 40.2 Å². The van der Waals surface area contributed by atoms with Crippen LogP contribution in [0.5, 0.6) is 5.75 Å². The molecule has 1 saturated carbocycles. The van der Waals surface area contributed by atoms with Crippen LogP contribution < -0.4 is 15.0 Å². The number of nitrogens with one attached hydrogen (secondary N) is 1. The Morgan fingerprint density at radius 1 is 1.07 bits per heavy atom. The second kappa shape index (κ2) is 10.3. The maximum atomic E-state index is 14.4.